The van der Waals surface area contributed by atoms with Crippen molar-refractivity contribution in [2.75, 3.05) is 0 Å². The number of hydrogen-bond donors (Lipinski definition) is 0. The first-order valence-corrected chi connectivity index (χ1v) is 5.16. The van der Waals surface area contributed by atoms with E-state index < -0.39 is 0 Å². The summed E-state index contributed by atoms with van der Waals surface area (Å²) in [6.45, 7) is 4.48. The first kappa shape index (κ1) is 9.57. The predicted molar refractivity (Wildman–Crippen MR) is 53.9 cm³/mol. The third kappa shape index (κ3) is 2.84. The maximum Gasteiger partial charge on any atom is -0.00582 e. The van der Waals surface area contributed by atoms with Crippen LogP contribution in [0.3, 0.4) is 0 Å². The lowest BCUT2D eigenvalue weighted by Gasteiger charge is -1.96. The summed E-state index contributed by atoms with van der Waals surface area (Å²) >= 11 is 0. The first-order chi connectivity index (χ1) is 5.86. The van der Waals surface area contributed by atoms with Crippen LogP contribution in [0.2, 0.25) is 0 Å². The highest BCUT2D eigenvalue weighted by Crippen LogP contribution is 2.23. The smallest absolute Gasteiger partial charge is 0.00582 e. The molecule has 0 spiro atoms. The highest BCUT2D eigenvalue weighted by Gasteiger charge is 2.05. The van der Waals surface area contributed by atoms with Crippen LogP contribution in [-0.2, 0) is 0 Å². The maximum atomic E-state index is 3.45. The van der Waals surface area contributed by atoms with Crippen LogP contribution in [0.4, 0.5) is 0 Å². The van der Waals surface area contributed by atoms with Crippen molar-refractivity contribution in [1.82, 2.24) is 0 Å². The molecule has 0 saturated carbocycles. The molecule has 1 rings (SSSR count). The Bertz CT molecular complexity index is 184. The van der Waals surface area contributed by atoms with E-state index in [1.54, 1.807) is 5.57 Å². The van der Waals surface area contributed by atoms with Crippen molar-refractivity contribution < 1.29 is 0 Å². The third-order valence-electron chi connectivity index (χ3n) is 2.29. The molecular weight excluding hydrogens is 144 g/mol. The summed E-state index contributed by atoms with van der Waals surface area (Å²) < 4.78 is 0. The van der Waals surface area contributed by atoms with Crippen LogP contribution >= 0.6 is 0 Å². The van der Waals surface area contributed by atoms with Gasteiger partial charge in [-0.2, -0.15) is 0 Å². The summed E-state index contributed by atoms with van der Waals surface area (Å²) in [5.74, 6) is 0. The summed E-state index contributed by atoms with van der Waals surface area (Å²) in [6, 6.07) is 0. The van der Waals surface area contributed by atoms with E-state index in [0.29, 0.717) is 0 Å². The van der Waals surface area contributed by atoms with Gasteiger partial charge in [0.1, 0.15) is 0 Å². The zero-order valence-corrected chi connectivity index (χ0v) is 8.32. The van der Waals surface area contributed by atoms with Crippen molar-refractivity contribution in [3.63, 3.8) is 0 Å². The van der Waals surface area contributed by atoms with Crippen molar-refractivity contribution in [2.45, 2.75) is 52.4 Å². The van der Waals surface area contributed by atoms with Crippen LogP contribution in [-0.4, -0.2) is 0 Å². The normalized spacial score (nSPS) is 16.2. The summed E-state index contributed by atoms with van der Waals surface area (Å²) in [5, 5.41) is 0. The van der Waals surface area contributed by atoms with Gasteiger partial charge in [-0.25, -0.2) is 0 Å². The molecule has 0 saturated heterocycles. The van der Waals surface area contributed by atoms with Crippen LogP contribution in [0, 0.1) is 6.08 Å². The molecule has 0 unspecified atom stereocenters. The molecule has 0 bridgehead atoms. The molecule has 0 nitrogen and oxygen atoms in total. The summed E-state index contributed by atoms with van der Waals surface area (Å²) in [6.07, 6.45) is 13.3. The molecule has 1 aliphatic carbocycles. The van der Waals surface area contributed by atoms with E-state index >= 15 is 0 Å². The topological polar surface area (TPSA) is 0 Å². The van der Waals surface area contributed by atoms with Gasteiger partial charge in [-0.3, -0.25) is 0 Å². The predicted octanol–water partition coefficient (Wildman–Crippen LogP) is 4.04. The summed E-state index contributed by atoms with van der Waals surface area (Å²) in [5.41, 5.74) is 3.05. The highest BCUT2D eigenvalue weighted by molar-refractivity contribution is 5.29. The van der Waals surface area contributed by atoms with Crippen molar-refractivity contribution in [1.29, 1.82) is 0 Å². The molecule has 0 aromatic rings. The maximum absolute atomic E-state index is 3.45. The fourth-order valence-electron chi connectivity index (χ4n) is 1.58. The molecule has 0 aromatic heterocycles. The highest BCUT2D eigenvalue weighted by atomic mass is 14.1. The van der Waals surface area contributed by atoms with Gasteiger partial charge in [0.05, 0.1) is 0 Å². The van der Waals surface area contributed by atoms with E-state index in [2.05, 4.69) is 26.0 Å². The summed E-state index contributed by atoms with van der Waals surface area (Å²) in [7, 11) is 0. The number of hydrogen-bond acceptors (Lipinski definition) is 0. The molecule has 0 heterocycles. The second-order valence-electron chi connectivity index (χ2n) is 3.53. The Kier molecular flexibility index (Phi) is 4.13. The fourth-order valence-corrected chi connectivity index (χ4v) is 1.58. The molecule has 0 atom stereocenters. The van der Waals surface area contributed by atoms with Gasteiger partial charge in [-0.1, -0.05) is 38.3 Å². The van der Waals surface area contributed by atoms with Gasteiger partial charge in [0.2, 0.25) is 0 Å². The quantitative estimate of drug-likeness (QED) is 0.574. The lowest BCUT2D eigenvalue weighted by molar-refractivity contribution is 0.797. The average molecular weight is 163 g/mol. The molecule has 0 aliphatic heterocycles. The third-order valence-corrected chi connectivity index (χ3v) is 2.29. The Balaban J connectivity index is 2.29. The van der Waals surface area contributed by atoms with Crippen molar-refractivity contribution in [2.24, 2.45) is 0 Å². The number of rotatable bonds is 5. The van der Waals surface area contributed by atoms with Crippen LogP contribution in [0.15, 0.2) is 17.2 Å². The Hall–Kier alpha value is -0.520. The van der Waals surface area contributed by atoms with Gasteiger partial charge in [-0.05, 0) is 37.3 Å². The van der Waals surface area contributed by atoms with Gasteiger partial charge in [0, 0.05) is 0 Å². The molecule has 1 radical (unpaired) electrons. The molecular formula is C12H19. The van der Waals surface area contributed by atoms with Crippen LogP contribution in [0.25, 0.3) is 0 Å². The van der Waals surface area contributed by atoms with Crippen LogP contribution in [0.1, 0.15) is 52.4 Å². The lowest BCUT2D eigenvalue weighted by atomic mass is 10.1. The van der Waals surface area contributed by atoms with Crippen LogP contribution in [0.5, 0.6) is 0 Å². The van der Waals surface area contributed by atoms with Gasteiger partial charge in [-0.15, -0.1) is 0 Å². The van der Waals surface area contributed by atoms with E-state index in [1.165, 1.54) is 37.7 Å². The largest absolute Gasteiger partial charge is 0.0655 e. The second kappa shape index (κ2) is 5.18. The molecule has 67 valence electrons. The van der Waals surface area contributed by atoms with Crippen molar-refractivity contribution >= 4 is 0 Å². The molecule has 0 amide bonds. The van der Waals surface area contributed by atoms with Crippen molar-refractivity contribution in [3.8, 4) is 0 Å². The van der Waals surface area contributed by atoms with Crippen LogP contribution < -0.4 is 0 Å². The zero-order chi connectivity index (χ0) is 8.81. The molecule has 0 heteroatoms. The lowest BCUT2D eigenvalue weighted by Crippen LogP contribution is -1.77. The Morgan fingerprint density at radius 3 is 2.75 bits per heavy atom. The Morgan fingerprint density at radius 2 is 2.08 bits per heavy atom. The molecule has 0 fully saturated rings. The zero-order valence-electron chi connectivity index (χ0n) is 8.32. The van der Waals surface area contributed by atoms with E-state index in [0.717, 1.165) is 6.42 Å². The number of allylic oxidation sites excluding steroid dienone is 4. The SMILES string of the molecule is CCCCC1=[C]CC(CCC)=C1. The van der Waals surface area contributed by atoms with E-state index in [9.17, 15) is 0 Å². The summed E-state index contributed by atoms with van der Waals surface area (Å²) in [4.78, 5) is 0. The molecule has 0 N–H and O–H groups in total. The standard InChI is InChI=1S/C12H19/c1-3-5-7-12-9-8-11(10-12)6-4-2/h10H,3-8H2,1-2H3. The molecule has 0 aromatic carbocycles. The van der Waals surface area contributed by atoms with Gasteiger partial charge < -0.3 is 0 Å². The minimum atomic E-state index is 1.10. The first-order valence-electron chi connectivity index (χ1n) is 5.16. The number of unbranched alkanes of at least 4 members (excludes halogenated alkanes) is 1. The Morgan fingerprint density at radius 1 is 1.25 bits per heavy atom. The minimum Gasteiger partial charge on any atom is -0.0655 e. The second-order valence-corrected chi connectivity index (χ2v) is 3.53. The monoisotopic (exact) mass is 163 g/mol. The van der Waals surface area contributed by atoms with E-state index in [1.807, 2.05) is 0 Å². The molecule has 12 heavy (non-hydrogen) atoms. The fraction of sp³-hybridized carbons (Fsp3) is 0.667. The molecule has 1 aliphatic rings. The Labute approximate surface area is 76.4 Å². The van der Waals surface area contributed by atoms with Crippen molar-refractivity contribution in [3.05, 3.63) is 23.3 Å². The minimum absolute atomic E-state index is 1.10. The van der Waals surface area contributed by atoms with Gasteiger partial charge in [0.15, 0.2) is 0 Å². The van der Waals surface area contributed by atoms with E-state index in [-0.39, 0.29) is 0 Å². The van der Waals surface area contributed by atoms with E-state index in [4.69, 9.17) is 0 Å². The average Bonchev–Trinajstić information content (AvgIpc) is 2.50. The van der Waals surface area contributed by atoms with Gasteiger partial charge >= 0.3 is 0 Å². The van der Waals surface area contributed by atoms with Gasteiger partial charge in [0.25, 0.3) is 0 Å².